The van der Waals surface area contributed by atoms with Gasteiger partial charge in [-0.3, -0.25) is 5.32 Å². The number of carbonyl (C=O) groups excluding carboxylic acids is 1. The molecule has 1 N–H and O–H groups in total. The number of nitrogens with one attached hydrogen (secondary N) is 1. The molecular formula is C13H13FN2O2S. The van der Waals surface area contributed by atoms with Crippen LogP contribution in [0.3, 0.4) is 0 Å². The number of carbonyl (C=O) groups is 1. The third-order valence-electron chi connectivity index (χ3n) is 2.29. The Bertz CT molecular complexity index is 554. The lowest BCUT2D eigenvalue weighted by Crippen LogP contribution is -2.17. The quantitative estimate of drug-likeness (QED) is 0.925. The first kappa shape index (κ1) is 13.5. The highest BCUT2D eigenvalue weighted by molar-refractivity contribution is 7.10. The molecule has 6 heteroatoms. The lowest BCUT2D eigenvalue weighted by atomic mass is 10.3. The van der Waals surface area contributed by atoms with Gasteiger partial charge in [-0.1, -0.05) is 13.3 Å². The highest BCUT2D eigenvalue weighted by Crippen LogP contribution is 2.23. The largest absolute Gasteiger partial charge is 0.418 e. The van der Waals surface area contributed by atoms with E-state index in [-0.39, 0.29) is 5.82 Å². The number of thiophene rings is 1. The number of anilines is 1. The van der Waals surface area contributed by atoms with E-state index in [1.807, 2.05) is 6.07 Å². The molecule has 2 aromatic heterocycles. The Morgan fingerprint density at radius 2 is 2.37 bits per heavy atom. The van der Waals surface area contributed by atoms with Gasteiger partial charge in [-0.15, -0.1) is 11.3 Å². The molecule has 0 atom stereocenters. The van der Waals surface area contributed by atoms with Crippen molar-refractivity contribution >= 4 is 23.2 Å². The summed E-state index contributed by atoms with van der Waals surface area (Å²) in [4.78, 5) is 16.5. The number of halogens is 1. The van der Waals surface area contributed by atoms with Gasteiger partial charge in [0, 0.05) is 10.3 Å². The minimum atomic E-state index is -0.639. The van der Waals surface area contributed by atoms with Crippen LogP contribution >= 0.6 is 11.3 Å². The van der Waals surface area contributed by atoms with Crippen molar-refractivity contribution in [3.05, 3.63) is 40.5 Å². The highest BCUT2D eigenvalue weighted by atomic mass is 32.1. The topological polar surface area (TPSA) is 51.2 Å². The lowest BCUT2D eigenvalue weighted by molar-refractivity contribution is 0.215. The molecule has 0 saturated heterocycles. The second kappa shape index (κ2) is 6.29. The average molecular weight is 280 g/mol. The molecule has 0 fully saturated rings. The molecule has 19 heavy (non-hydrogen) atoms. The van der Waals surface area contributed by atoms with Crippen LogP contribution in [0.1, 0.15) is 18.2 Å². The number of rotatable bonds is 4. The number of ether oxygens (including phenoxy) is 1. The van der Waals surface area contributed by atoms with Gasteiger partial charge in [-0.25, -0.2) is 14.2 Å². The number of pyridine rings is 1. The molecule has 0 spiro atoms. The maximum Gasteiger partial charge on any atom is 0.418 e. The molecule has 2 heterocycles. The number of aromatic nitrogens is 1. The molecule has 0 aromatic carbocycles. The Morgan fingerprint density at radius 1 is 1.53 bits per heavy atom. The lowest BCUT2D eigenvalue weighted by Gasteiger charge is -2.03. The summed E-state index contributed by atoms with van der Waals surface area (Å²) in [6.45, 7) is 2.09. The summed E-state index contributed by atoms with van der Waals surface area (Å²) < 4.78 is 17.7. The van der Waals surface area contributed by atoms with Crippen molar-refractivity contribution in [1.82, 2.24) is 4.98 Å². The molecule has 0 unspecified atom stereocenters. The van der Waals surface area contributed by atoms with Gasteiger partial charge in [-0.05, 0) is 24.6 Å². The van der Waals surface area contributed by atoms with Crippen LogP contribution in [0.5, 0.6) is 5.75 Å². The molecule has 0 bridgehead atoms. The van der Waals surface area contributed by atoms with Gasteiger partial charge in [-0.2, -0.15) is 0 Å². The van der Waals surface area contributed by atoms with Gasteiger partial charge in [0.1, 0.15) is 17.4 Å². The van der Waals surface area contributed by atoms with Crippen molar-refractivity contribution in [3.63, 3.8) is 0 Å². The minimum absolute atomic E-state index is 0.246. The van der Waals surface area contributed by atoms with Gasteiger partial charge >= 0.3 is 6.09 Å². The Kier molecular flexibility index (Phi) is 4.46. The van der Waals surface area contributed by atoms with E-state index in [4.69, 9.17) is 4.74 Å². The molecule has 100 valence electrons. The number of nitrogens with zero attached hydrogens (tertiary/aromatic N) is 1. The standard InChI is InChI=1S/C13H13FN2O2S/c1-2-3-11-6-10(8-19-11)18-13(17)16-12-5-4-9(14)7-15-12/h4-8H,2-3H2,1H3,(H,15,16,17). The second-order valence-electron chi connectivity index (χ2n) is 3.87. The maximum absolute atomic E-state index is 12.6. The average Bonchev–Trinajstić information content (AvgIpc) is 2.80. The Hall–Kier alpha value is -1.95. The van der Waals surface area contributed by atoms with Crippen LogP contribution in [0.4, 0.5) is 15.0 Å². The summed E-state index contributed by atoms with van der Waals surface area (Å²) in [5.74, 6) is 0.296. The molecule has 2 aromatic rings. The van der Waals surface area contributed by atoms with Crippen molar-refractivity contribution < 1.29 is 13.9 Å². The van der Waals surface area contributed by atoms with Crippen molar-refractivity contribution in [3.8, 4) is 5.75 Å². The van der Waals surface area contributed by atoms with Crippen molar-refractivity contribution in [1.29, 1.82) is 0 Å². The predicted molar refractivity (Wildman–Crippen MR) is 72.2 cm³/mol. The second-order valence-corrected chi connectivity index (χ2v) is 4.87. The monoisotopic (exact) mass is 280 g/mol. The molecule has 0 aliphatic carbocycles. The highest BCUT2D eigenvalue weighted by Gasteiger charge is 2.08. The van der Waals surface area contributed by atoms with Gasteiger partial charge in [0.15, 0.2) is 0 Å². The van der Waals surface area contributed by atoms with Gasteiger partial charge in [0.25, 0.3) is 0 Å². The summed E-state index contributed by atoms with van der Waals surface area (Å²) >= 11 is 1.55. The molecule has 4 nitrogen and oxygen atoms in total. The van der Waals surface area contributed by atoms with Crippen molar-refractivity contribution in [2.24, 2.45) is 0 Å². The molecule has 0 saturated carbocycles. The van der Waals surface area contributed by atoms with Crippen LogP contribution in [-0.2, 0) is 6.42 Å². The van der Waals surface area contributed by atoms with Crippen LogP contribution in [-0.4, -0.2) is 11.1 Å². The zero-order valence-electron chi connectivity index (χ0n) is 10.4. The normalized spacial score (nSPS) is 10.2. The third kappa shape index (κ3) is 4.03. The molecule has 2 rings (SSSR count). The molecule has 1 amide bonds. The first-order chi connectivity index (χ1) is 9.17. The van der Waals surface area contributed by atoms with E-state index in [0.717, 1.165) is 19.0 Å². The van der Waals surface area contributed by atoms with Gasteiger partial charge < -0.3 is 4.74 Å². The minimum Gasteiger partial charge on any atom is -0.409 e. The number of aryl methyl sites for hydroxylation is 1. The van der Waals surface area contributed by atoms with Gasteiger partial charge in [0.05, 0.1) is 6.20 Å². The van der Waals surface area contributed by atoms with Crippen molar-refractivity contribution in [2.75, 3.05) is 5.32 Å². The summed E-state index contributed by atoms with van der Waals surface area (Å²) in [7, 11) is 0. The zero-order chi connectivity index (χ0) is 13.7. The molecule has 0 aliphatic rings. The number of amides is 1. The number of hydrogen-bond acceptors (Lipinski definition) is 4. The Labute approximate surface area is 114 Å². The fraction of sp³-hybridized carbons (Fsp3) is 0.231. The number of hydrogen-bond donors (Lipinski definition) is 1. The van der Waals surface area contributed by atoms with E-state index >= 15 is 0 Å². The van der Waals surface area contributed by atoms with Gasteiger partial charge in [0.2, 0.25) is 0 Å². The smallest absolute Gasteiger partial charge is 0.409 e. The van der Waals surface area contributed by atoms with Crippen LogP contribution in [0.15, 0.2) is 29.8 Å². The summed E-state index contributed by atoms with van der Waals surface area (Å²) in [6.07, 6.45) is 2.40. The van der Waals surface area contributed by atoms with E-state index in [2.05, 4.69) is 17.2 Å². The first-order valence-corrected chi connectivity index (χ1v) is 6.73. The van der Waals surface area contributed by atoms with Crippen LogP contribution in [0.2, 0.25) is 0 Å². The van der Waals surface area contributed by atoms with E-state index < -0.39 is 11.9 Å². The SMILES string of the molecule is CCCc1cc(OC(=O)Nc2ccc(F)cn2)cs1. The molecular weight excluding hydrogens is 267 g/mol. The van der Waals surface area contributed by atoms with Crippen LogP contribution in [0, 0.1) is 5.82 Å². The fourth-order valence-corrected chi connectivity index (χ4v) is 2.37. The Morgan fingerprint density at radius 3 is 3.05 bits per heavy atom. The fourth-order valence-electron chi connectivity index (χ4n) is 1.48. The Balaban J connectivity index is 1.91. The maximum atomic E-state index is 12.6. The predicted octanol–water partition coefficient (Wildman–Crippen LogP) is 3.85. The van der Waals surface area contributed by atoms with Crippen LogP contribution in [0.25, 0.3) is 0 Å². The zero-order valence-corrected chi connectivity index (χ0v) is 11.2. The van der Waals surface area contributed by atoms with E-state index in [9.17, 15) is 9.18 Å². The molecule has 0 radical (unpaired) electrons. The first-order valence-electron chi connectivity index (χ1n) is 5.85. The van der Waals surface area contributed by atoms with Crippen molar-refractivity contribution in [2.45, 2.75) is 19.8 Å². The van der Waals surface area contributed by atoms with E-state index in [0.29, 0.717) is 5.75 Å². The summed E-state index contributed by atoms with van der Waals surface area (Å²) in [6, 6.07) is 4.42. The third-order valence-corrected chi connectivity index (χ3v) is 3.27. The van der Waals surface area contributed by atoms with Crippen LogP contribution < -0.4 is 10.1 Å². The summed E-state index contributed by atoms with van der Waals surface area (Å²) in [5.41, 5.74) is 0. The van der Waals surface area contributed by atoms with E-state index in [1.165, 1.54) is 17.0 Å². The molecule has 0 aliphatic heterocycles. The van der Waals surface area contributed by atoms with E-state index in [1.54, 1.807) is 16.7 Å². The summed E-state index contributed by atoms with van der Waals surface area (Å²) in [5, 5.41) is 4.20.